The maximum atomic E-state index is 9.54. The summed E-state index contributed by atoms with van der Waals surface area (Å²) in [5.74, 6) is 0.895. The van der Waals surface area contributed by atoms with Crippen LogP contribution >= 0.6 is 0 Å². The molecule has 1 heterocycles. The van der Waals surface area contributed by atoms with Gasteiger partial charge < -0.3 is 16.2 Å². The molecule has 4 heteroatoms. The highest BCUT2D eigenvalue weighted by molar-refractivity contribution is 5.99. The predicted molar refractivity (Wildman–Crippen MR) is 78.0 cm³/mol. The number of nitrogens with two attached hydrogens (primary N) is 1. The second-order valence-electron chi connectivity index (χ2n) is 5.25. The number of nitrogen functional groups attached to an aromatic ring is 1. The second kappa shape index (κ2) is 5.05. The highest BCUT2D eigenvalue weighted by Crippen LogP contribution is 2.28. The van der Waals surface area contributed by atoms with Crippen LogP contribution in [0.25, 0.3) is 10.8 Å². The average Bonchev–Trinajstić information content (AvgIpc) is 2.43. The quantitative estimate of drug-likeness (QED) is 0.723. The van der Waals surface area contributed by atoms with Crippen LogP contribution in [0.5, 0.6) is 0 Å². The van der Waals surface area contributed by atoms with Crippen molar-refractivity contribution >= 4 is 22.3 Å². The molecular formula is C15H19N3O. The molecule has 4 nitrogen and oxygen atoms in total. The topological polar surface area (TPSA) is 71.2 Å². The van der Waals surface area contributed by atoms with Gasteiger partial charge in [0.15, 0.2) is 0 Å². The summed E-state index contributed by atoms with van der Waals surface area (Å²) in [7, 11) is 0. The van der Waals surface area contributed by atoms with Crippen LogP contribution in [0, 0.1) is 0 Å². The first-order chi connectivity index (χ1) is 9.24. The van der Waals surface area contributed by atoms with E-state index < -0.39 is 0 Å². The zero-order valence-corrected chi connectivity index (χ0v) is 10.8. The summed E-state index contributed by atoms with van der Waals surface area (Å²) in [6, 6.07) is 8.24. The minimum Gasteiger partial charge on any atom is -0.398 e. The van der Waals surface area contributed by atoms with Gasteiger partial charge in [-0.05, 0) is 37.8 Å². The van der Waals surface area contributed by atoms with Crippen molar-refractivity contribution in [3.63, 3.8) is 0 Å². The third-order valence-electron chi connectivity index (χ3n) is 3.88. The number of benzene rings is 1. The molecule has 0 radical (unpaired) electrons. The maximum absolute atomic E-state index is 9.54. The fourth-order valence-corrected chi connectivity index (χ4v) is 2.76. The number of aromatic nitrogens is 1. The van der Waals surface area contributed by atoms with Gasteiger partial charge >= 0.3 is 0 Å². The van der Waals surface area contributed by atoms with Crippen LogP contribution in [0.1, 0.15) is 25.7 Å². The van der Waals surface area contributed by atoms with E-state index in [4.69, 9.17) is 5.73 Å². The van der Waals surface area contributed by atoms with E-state index >= 15 is 0 Å². The molecule has 1 aromatic carbocycles. The fourth-order valence-electron chi connectivity index (χ4n) is 2.76. The molecule has 0 saturated heterocycles. The van der Waals surface area contributed by atoms with Gasteiger partial charge in [0.05, 0.1) is 6.10 Å². The van der Waals surface area contributed by atoms with Gasteiger partial charge in [-0.1, -0.05) is 12.1 Å². The van der Waals surface area contributed by atoms with Crippen LogP contribution in [0.15, 0.2) is 30.5 Å². The molecule has 1 fully saturated rings. The van der Waals surface area contributed by atoms with Gasteiger partial charge in [-0.3, -0.25) is 0 Å². The summed E-state index contributed by atoms with van der Waals surface area (Å²) in [6.07, 6.45) is 5.37. The van der Waals surface area contributed by atoms with Gasteiger partial charge in [0.2, 0.25) is 0 Å². The number of rotatable bonds is 2. The molecular weight excluding hydrogens is 238 g/mol. The van der Waals surface area contributed by atoms with E-state index in [1.165, 1.54) is 0 Å². The SMILES string of the molecule is Nc1cccc2c(NC3CCC(O)CC3)nccc12. The first-order valence-electron chi connectivity index (χ1n) is 6.82. The first-order valence-corrected chi connectivity index (χ1v) is 6.82. The Labute approximate surface area is 112 Å². The van der Waals surface area contributed by atoms with Crippen LogP contribution in [0.4, 0.5) is 11.5 Å². The van der Waals surface area contributed by atoms with Gasteiger partial charge in [-0.25, -0.2) is 4.98 Å². The standard InChI is InChI=1S/C15H19N3O/c16-14-3-1-2-13-12(14)8-9-17-15(13)18-10-4-6-11(19)7-5-10/h1-3,8-11,19H,4-7,16H2,(H,17,18). The summed E-state index contributed by atoms with van der Waals surface area (Å²) < 4.78 is 0. The molecule has 1 aromatic heterocycles. The Morgan fingerprint density at radius 2 is 1.89 bits per heavy atom. The van der Waals surface area contributed by atoms with Crippen molar-refractivity contribution in [1.82, 2.24) is 4.98 Å². The Hall–Kier alpha value is -1.81. The van der Waals surface area contributed by atoms with Crippen molar-refractivity contribution in [2.24, 2.45) is 0 Å². The van der Waals surface area contributed by atoms with E-state index in [9.17, 15) is 5.11 Å². The second-order valence-corrected chi connectivity index (χ2v) is 5.25. The highest BCUT2D eigenvalue weighted by Gasteiger charge is 2.20. The molecule has 3 rings (SSSR count). The van der Waals surface area contributed by atoms with Crippen LogP contribution in [0.2, 0.25) is 0 Å². The summed E-state index contributed by atoms with van der Waals surface area (Å²) in [6.45, 7) is 0. The minimum absolute atomic E-state index is 0.130. The van der Waals surface area contributed by atoms with E-state index in [0.717, 1.165) is 48.0 Å². The Bertz CT molecular complexity index is 577. The molecule has 0 atom stereocenters. The van der Waals surface area contributed by atoms with Crippen molar-refractivity contribution in [2.75, 3.05) is 11.1 Å². The number of pyridine rings is 1. The molecule has 0 amide bonds. The Morgan fingerprint density at radius 1 is 1.11 bits per heavy atom. The van der Waals surface area contributed by atoms with E-state index in [-0.39, 0.29) is 6.10 Å². The summed E-state index contributed by atoms with van der Waals surface area (Å²) in [5.41, 5.74) is 6.77. The highest BCUT2D eigenvalue weighted by atomic mass is 16.3. The number of anilines is 2. The third-order valence-corrected chi connectivity index (χ3v) is 3.88. The Morgan fingerprint density at radius 3 is 2.68 bits per heavy atom. The van der Waals surface area contributed by atoms with Gasteiger partial charge in [0.1, 0.15) is 5.82 Å². The zero-order valence-electron chi connectivity index (χ0n) is 10.8. The number of hydrogen-bond donors (Lipinski definition) is 3. The monoisotopic (exact) mass is 257 g/mol. The lowest BCUT2D eigenvalue weighted by Gasteiger charge is -2.27. The van der Waals surface area contributed by atoms with Crippen LogP contribution in [0.3, 0.4) is 0 Å². The lowest BCUT2D eigenvalue weighted by atomic mass is 9.93. The smallest absolute Gasteiger partial charge is 0.134 e. The number of fused-ring (bicyclic) bond motifs is 1. The van der Waals surface area contributed by atoms with Gasteiger partial charge in [-0.15, -0.1) is 0 Å². The number of nitrogens with one attached hydrogen (secondary N) is 1. The first kappa shape index (κ1) is 12.2. The van der Waals surface area contributed by atoms with Gasteiger partial charge in [0, 0.05) is 28.7 Å². The molecule has 0 aliphatic heterocycles. The molecule has 19 heavy (non-hydrogen) atoms. The predicted octanol–water partition coefficient (Wildman–Crippen LogP) is 2.53. The third kappa shape index (κ3) is 2.49. The molecule has 0 bridgehead atoms. The molecule has 100 valence electrons. The van der Waals surface area contributed by atoms with Crippen molar-refractivity contribution in [1.29, 1.82) is 0 Å². The summed E-state index contributed by atoms with van der Waals surface area (Å²) in [5, 5.41) is 15.1. The minimum atomic E-state index is -0.130. The number of hydrogen-bond acceptors (Lipinski definition) is 4. The van der Waals surface area contributed by atoms with E-state index in [1.54, 1.807) is 6.20 Å². The van der Waals surface area contributed by atoms with Crippen molar-refractivity contribution < 1.29 is 5.11 Å². The molecule has 0 spiro atoms. The van der Waals surface area contributed by atoms with Crippen molar-refractivity contribution in [2.45, 2.75) is 37.8 Å². The van der Waals surface area contributed by atoms with Crippen LogP contribution < -0.4 is 11.1 Å². The van der Waals surface area contributed by atoms with Crippen LogP contribution in [-0.2, 0) is 0 Å². The molecule has 0 unspecified atom stereocenters. The number of nitrogens with zero attached hydrogens (tertiary/aromatic N) is 1. The summed E-state index contributed by atoms with van der Waals surface area (Å²) >= 11 is 0. The molecule has 1 aliphatic carbocycles. The van der Waals surface area contributed by atoms with E-state index in [2.05, 4.69) is 10.3 Å². The average molecular weight is 257 g/mol. The molecule has 2 aromatic rings. The maximum Gasteiger partial charge on any atom is 0.134 e. The van der Waals surface area contributed by atoms with Crippen LogP contribution in [-0.4, -0.2) is 22.2 Å². The number of aliphatic hydroxyl groups is 1. The molecule has 1 aliphatic rings. The molecule has 4 N–H and O–H groups in total. The van der Waals surface area contributed by atoms with Crippen molar-refractivity contribution in [3.8, 4) is 0 Å². The van der Waals surface area contributed by atoms with Gasteiger partial charge in [-0.2, -0.15) is 0 Å². The van der Waals surface area contributed by atoms with E-state index in [1.807, 2.05) is 24.3 Å². The molecule has 1 saturated carbocycles. The normalized spacial score (nSPS) is 23.4. The summed E-state index contributed by atoms with van der Waals surface area (Å²) in [4.78, 5) is 4.43. The zero-order chi connectivity index (χ0) is 13.2. The largest absolute Gasteiger partial charge is 0.398 e. The lowest BCUT2D eigenvalue weighted by molar-refractivity contribution is 0.126. The number of aliphatic hydroxyl groups excluding tert-OH is 1. The Balaban J connectivity index is 1.87. The van der Waals surface area contributed by atoms with Crippen molar-refractivity contribution in [3.05, 3.63) is 30.5 Å². The lowest BCUT2D eigenvalue weighted by Crippen LogP contribution is -2.28. The van der Waals surface area contributed by atoms with Gasteiger partial charge in [0.25, 0.3) is 0 Å². The Kier molecular flexibility index (Phi) is 3.25. The van der Waals surface area contributed by atoms with E-state index in [0.29, 0.717) is 6.04 Å². The fraction of sp³-hybridized carbons (Fsp3) is 0.400.